The molecule has 3 rings (SSSR count). The van der Waals surface area contributed by atoms with Gasteiger partial charge in [-0.05, 0) is 61.4 Å². The zero-order valence-corrected chi connectivity index (χ0v) is 19.9. The molecule has 31 heavy (non-hydrogen) atoms. The summed E-state index contributed by atoms with van der Waals surface area (Å²) >= 11 is 1.82. The van der Waals surface area contributed by atoms with Gasteiger partial charge in [0.2, 0.25) is 10.0 Å². The summed E-state index contributed by atoms with van der Waals surface area (Å²) in [6, 6.07) is 11.7. The number of unbranched alkanes of at least 4 members (excludes halogenated alkanes) is 1. The number of benzene rings is 2. The number of ether oxygens (including phenoxy) is 1. The van der Waals surface area contributed by atoms with Gasteiger partial charge in [0, 0.05) is 35.3 Å². The van der Waals surface area contributed by atoms with Crippen LogP contribution in [0.4, 0.5) is 5.69 Å². The summed E-state index contributed by atoms with van der Waals surface area (Å²) in [6.07, 6.45) is 2.96. The Balaban J connectivity index is 1.72. The van der Waals surface area contributed by atoms with Gasteiger partial charge in [-0.3, -0.25) is 4.79 Å². The lowest BCUT2D eigenvalue weighted by molar-refractivity contribution is 0.102. The Morgan fingerprint density at radius 3 is 2.61 bits per heavy atom. The molecule has 0 radical (unpaired) electrons. The predicted octanol–water partition coefficient (Wildman–Crippen LogP) is 4.55. The first-order valence-corrected chi connectivity index (χ1v) is 13.1. The number of hydrogen-bond donors (Lipinski definition) is 1. The van der Waals surface area contributed by atoms with Gasteiger partial charge in [-0.2, -0.15) is 16.1 Å². The van der Waals surface area contributed by atoms with Crippen molar-refractivity contribution in [3.63, 3.8) is 0 Å². The molecule has 1 fully saturated rings. The fourth-order valence-corrected chi connectivity index (χ4v) is 6.67. The average Bonchev–Trinajstić information content (AvgIpc) is 2.78. The smallest absolute Gasteiger partial charge is 0.255 e. The summed E-state index contributed by atoms with van der Waals surface area (Å²) in [4.78, 5) is 12.8. The number of anilines is 1. The number of sulfonamides is 1. The second kappa shape index (κ2) is 10.5. The first-order valence-electron chi connectivity index (χ1n) is 10.5. The van der Waals surface area contributed by atoms with E-state index in [1.54, 1.807) is 53.9 Å². The normalized spacial score (nSPS) is 17.3. The molecule has 0 bridgehead atoms. The van der Waals surface area contributed by atoms with Gasteiger partial charge in [0.25, 0.3) is 5.91 Å². The van der Waals surface area contributed by atoms with Gasteiger partial charge in [-0.15, -0.1) is 0 Å². The quantitative estimate of drug-likeness (QED) is 0.623. The summed E-state index contributed by atoms with van der Waals surface area (Å²) in [5, 5.41) is 2.83. The first-order chi connectivity index (χ1) is 14.9. The third-order valence-corrected chi connectivity index (χ3v) is 8.50. The lowest BCUT2D eigenvalue weighted by Gasteiger charge is -2.34. The van der Waals surface area contributed by atoms with Gasteiger partial charge in [-0.25, -0.2) is 8.42 Å². The summed E-state index contributed by atoms with van der Waals surface area (Å²) < 4.78 is 33.4. The fourth-order valence-electron chi connectivity index (χ4n) is 3.69. The molecule has 0 spiro atoms. The highest BCUT2D eigenvalue weighted by molar-refractivity contribution is 7.99. The van der Waals surface area contributed by atoms with E-state index in [-0.39, 0.29) is 16.8 Å². The van der Waals surface area contributed by atoms with E-state index in [4.69, 9.17) is 4.74 Å². The maximum atomic E-state index is 13.2. The van der Waals surface area contributed by atoms with Crippen molar-refractivity contribution in [3.8, 4) is 5.75 Å². The van der Waals surface area contributed by atoms with Gasteiger partial charge >= 0.3 is 0 Å². The molecule has 168 valence electrons. The van der Waals surface area contributed by atoms with Crippen LogP contribution >= 0.6 is 11.8 Å². The third-order valence-electron chi connectivity index (χ3n) is 5.44. The Labute approximate surface area is 189 Å². The molecule has 0 aliphatic carbocycles. The predicted molar refractivity (Wildman–Crippen MR) is 127 cm³/mol. The van der Waals surface area contributed by atoms with Gasteiger partial charge in [-0.1, -0.05) is 19.8 Å². The molecular formula is C23H30N2O4S2. The highest BCUT2D eigenvalue weighted by Crippen LogP contribution is 2.28. The van der Waals surface area contributed by atoms with E-state index in [9.17, 15) is 13.2 Å². The number of nitrogens with one attached hydrogen (secondary N) is 1. The van der Waals surface area contributed by atoms with E-state index < -0.39 is 10.0 Å². The van der Waals surface area contributed by atoms with E-state index in [1.165, 1.54) is 0 Å². The maximum Gasteiger partial charge on any atom is 0.255 e. The van der Waals surface area contributed by atoms with Crippen molar-refractivity contribution in [3.05, 3.63) is 53.6 Å². The summed E-state index contributed by atoms with van der Waals surface area (Å²) in [7, 11) is -1.97. The zero-order valence-electron chi connectivity index (χ0n) is 18.3. The molecule has 1 unspecified atom stereocenters. The second-order valence-corrected chi connectivity index (χ2v) is 10.7. The fraction of sp³-hybridized carbons (Fsp3) is 0.435. The van der Waals surface area contributed by atoms with E-state index in [1.807, 2.05) is 18.7 Å². The monoisotopic (exact) mass is 462 g/mol. The molecule has 0 saturated carbocycles. The number of methoxy groups -OCH3 is 1. The number of thioether (sulfide) groups is 1. The Bertz CT molecular complexity index is 1010. The molecule has 1 aliphatic rings. The Kier molecular flexibility index (Phi) is 8.02. The highest BCUT2D eigenvalue weighted by atomic mass is 32.2. The van der Waals surface area contributed by atoms with Crippen LogP contribution in [-0.4, -0.2) is 49.8 Å². The van der Waals surface area contributed by atoms with Crippen LogP contribution in [0.1, 0.15) is 42.1 Å². The van der Waals surface area contributed by atoms with Crippen molar-refractivity contribution in [1.82, 2.24) is 4.31 Å². The number of aryl methyl sites for hydroxylation is 1. The molecule has 1 aliphatic heterocycles. The van der Waals surface area contributed by atoms with Crippen LogP contribution in [0.15, 0.2) is 47.4 Å². The number of carbonyl (C=O) groups is 1. The maximum absolute atomic E-state index is 13.2. The molecule has 2 aromatic carbocycles. The topological polar surface area (TPSA) is 75.7 Å². The third kappa shape index (κ3) is 5.61. The van der Waals surface area contributed by atoms with Crippen LogP contribution in [0.25, 0.3) is 0 Å². The molecule has 1 saturated heterocycles. The minimum Gasteiger partial charge on any atom is -0.496 e. The highest BCUT2D eigenvalue weighted by Gasteiger charge is 2.33. The second-order valence-electron chi connectivity index (χ2n) is 7.65. The molecule has 6 nitrogen and oxygen atoms in total. The van der Waals surface area contributed by atoms with Crippen LogP contribution in [0.5, 0.6) is 5.75 Å². The van der Waals surface area contributed by atoms with Crippen LogP contribution in [0.3, 0.4) is 0 Å². The lowest BCUT2D eigenvalue weighted by atomic mass is 10.1. The van der Waals surface area contributed by atoms with Gasteiger partial charge in [0.1, 0.15) is 5.75 Å². The molecule has 1 atom stereocenters. The molecule has 1 N–H and O–H groups in total. The van der Waals surface area contributed by atoms with Crippen molar-refractivity contribution in [2.75, 3.05) is 30.5 Å². The SMILES string of the molecule is CCCCC1CSCCN1S(=O)(=O)c1ccc(NC(=O)c2ccc(OC)c(C)c2)cc1. The van der Waals surface area contributed by atoms with E-state index >= 15 is 0 Å². The average molecular weight is 463 g/mol. The van der Waals surface area contributed by atoms with Crippen molar-refractivity contribution in [1.29, 1.82) is 0 Å². The van der Waals surface area contributed by atoms with Crippen LogP contribution in [0, 0.1) is 6.92 Å². The Morgan fingerprint density at radius 1 is 1.23 bits per heavy atom. The van der Waals surface area contributed by atoms with E-state index in [2.05, 4.69) is 12.2 Å². The minimum absolute atomic E-state index is 0.0430. The summed E-state index contributed by atoms with van der Waals surface area (Å²) in [5.74, 6) is 2.12. The molecule has 8 heteroatoms. The minimum atomic E-state index is -3.56. The number of amides is 1. The zero-order chi connectivity index (χ0) is 22.4. The van der Waals surface area contributed by atoms with E-state index in [0.29, 0.717) is 17.8 Å². The Morgan fingerprint density at radius 2 is 1.97 bits per heavy atom. The standard InChI is InChI=1S/C23H30N2O4S2/c1-4-5-6-20-16-30-14-13-25(20)31(27,28)21-10-8-19(9-11-21)24-23(26)18-7-12-22(29-3)17(2)15-18/h7-12,15,20H,4-6,13-14,16H2,1-3H3,(H,24,26). The first kappa shape index (κ1) is 23.6. The summed E-state index contributed by atoms with van der Waals surface area (Å²) in [5.41, 5.74) is 1.93. The van der Waals surface area contributed by atoms with E-state index in [0.717, 1.165) is 42.1 Å². The largest absolute Gasteiger partial charge is 0.496 e. The number of hydrogen-bond acceptors (Lipinski definition) is 5. The number of rotatable bonds is 8. The Hall–Kier alpha value is -2.03. The molecular weight excluding hydrogens is 432 g/mol. The molecule has 1 heterocycles. The van der Waals surface area contributed by atoms with Crippen LogP contribution in [-0.2, 0) is 10.0 Å². The van der Waals surface area contributed by atoms with Crippen molar-refractivity contribution >= 4 is 33.4 Å². The number of nitrogens with zero attached hydrogens (tertiary/aromatic N) is 1. The van der Waals surface area contributed by atoms with Crippen molar-refractivity contribution in [2.45, 2.75) is 44.0 Å². The summed E-state index contributed by atoms with van der Waals surface area (Å²) in [6.45, 7) is 4.54. The molecule has 2 aromatic rings. The van der Waals surface area contributed by atoms with Gasteiger partial charge in [0.15, 0.2) is 0 Å². The van der Waals surface area contributed by atoms with Gasteiger partial charge in [0.05, 0.1) is 12.0 Å². The van der Waals surface area contributed by atoms with Crippen LogP contribution in [0.2, 0.25) is 0 Å². The number of carbonyl (C=O) groups excluding carboxylic acids is 1. The lowest BCUT2D eigenvalue weighted by Crippen LogP contribution is -2.45. The molecule has 0 aromatic heterocycles. The molecule has 1 amide bonds. The van der Waals surface area contributed by atoms with Crippen molar-refractivity contribution in [2.24, 2.45) is 0 Å². The van der Waals surface area contributed by atoms with Gasteiger partial charge < -0.3 is 10.1 Å². The van der Waals surface area contributed by atoms with Crippen LogP contribution < -0.4 is 10.1 Å². The van der Waals surface area contributed by atoms with Crippen molar-refractivity contribution < 1.29 is 17.9 Å².